The van der Waals surface area contributed by atoms with Crippen LogP contribution in [0, 0.1) is 0 Å². The van der Waals surface area contributed by atoms with E-state index in [0.717, 1.165) is 16.9 Å². The zero-order valence-corrected chi connectivity index (χ0v) is 14.6. The summed E-state index contributed by atoms with van der Waals surface area (Å²) >= 11 is 0.893. The number of carbonyl (C=O) groups excluding carboxylic acids is 1. The van der Waals surface area contributed by atoms with Crippen LogP contribution in [0.3, 0.4) is 0 Å². The minimum absolute atomic E-state index is 0.0606. The maximum atomic E-state index is 12.0. The van der Waals surface area contributed by atoms with E-state index in [0.29, 0.717) is 18.7 Å². The van der Waals surface area contributed by atoms with Gasteiger partial charge >= 0.3 is 5.97 Å². The molecule has 0 bridgehead atoms. The van der Waals surface area contributed by atoms with Gasteiger partial charge in [-0.2, -0.15) is 0 Å². The van der Waals surface area contributed by atoms with Gasteiger partial charge in [0.1, 0.15) is 9.96 Å². The number of hydrogen-bond acceptors (Lipinski definition) is 6. The van der Waals surface area contributed by atoms with Crippen molar-refractivity contribution in [3.63, 3.8) is 0 Å². The molecule has 0 aliphatic heterocycles. The van der Waals surface area contributed by atoms with Crippen molar-refractivity contribution in [1.29, 1.82) is 0 Å². The summed E-state index contributed by atoms with van der Waals surface area (Å²) in [4.78, 5) is 22.4. The summed E-state index contributed by atoms with van der Waals surface area (Å²) in [7, 11) is -3.80. The van der Waals surface area contributed by atoms with Crippen molar-refractivity contribution in [2.45, 2.75) is 10.6 Å². The molecular weight excluding hydrogens is 368 g/mol. The van der Waals surface area contributed by atoms with Crippen molar-refractivity contribution < 1.29 is 27.9 Å². The summed E-state index contributed by atoms with van der Waals surface area (Å²) in [6.45, 7) is -0.0503. The number of hydrogen-bond donors (Lipinski definition) is 3. The first-order valence-corrected chi connectivity index (χ1v) is 9.51. The highest BCUT2D eigenvalue weighted by molar-refractivity contribution is 7.91. The van der Waals surface area contributed by atoms with Crippen LogP contribution in [0.5, 0.6) is 5.75 Å². The molecule has 2 aromatic rings. The number of ether oxygens (including phenoxy) is 1. The van der Waals surface area contributed by atoms with Crippen LogP contribution in [0.2, 0.25) is 0 Å². The Morgan fingerprint density at radius 1 is 1.24 bits per heavy atom. The van der Waals surface area contributed by atoms with E-state index in [1.807, 2.05) is 0 Å². The van der Waals surface area contributed by atoms with Gasteiger partial charge in [0.2, 0.25) is 10.0 Å². The van der Waals surface area contributed by atoms with Crippen molar-refractivity contribution in [2.75, 3.05) is 13.2 Å². The number of primary sulfonamides is 1. The zero-order chi connectivity index (χ0) is 18.4. The molecule has 10 heteroatoms. The summed E-state index contributed by atoms with van der Waals surface area (Å²) < 4.78 is 27.4. The third kappa shape index (κ3) is 5.85. The maximum Gasteiger partial charge on any atom is 0.341 e. The number of nitrogens with two attached hydrogens (primary N) is 1. The molecule has 8 nitrogen and oxygen atoms in total. The molecule has 1 aromatic heterocycles. The average molecular weight is 384 g/mol. The first-order chi connectivity index (χ1) is 11.8. The van der Waals surface area contributed by atoms with Crippen LogP contribution in [-0.4, -0.2) is 38.6 Å². The van der Waals surface area contributed by atoms with Gasteiger partial charge in [0, 0.05) is 11.9 Å². The predicted octanol–water partition coefficient (Wildman–Crippen LogP) is 0.831. The highest BCUT2D eigenvalue weighted by Crippen LogP contribution is 2.18. The Morgan fingerprint density at radius 2 is 1.92 bits per heavy atom. The lowest BCUT2D eigenvalue weighted by atomic mass is 10.1. The van der Waals surface area contributed by atoms with E-state index in [-0.39, 0.29) is 15.7 Å². The number of carboxylic acids is 1. The van der Waals surface area contributed by atoms with Crippen molar-refractivity contribution >= 4 is 33.2 Å². The number of aliphatic carboxylic acids is 1. The summed E-state index contributed by atoms with van der Waals surface area (Å²) in [6, 6.07) is 8.08. The number of carboxylic acid groups (broad SMARTS) is 1. The minimum Gasteiger partial charge on any atom is -0.482 e. The molecule has 25 heavy (non-hydrogen) atoms. The van der Waals surface area contributed by atoms with Gasteiger partial charge in [-0.05, 0) is 30.2 Å². The Balaban J connectivity index is 1.83. The fraction of sp³-hybridized carbons (Fsp3) is 0.200. The smallest absolute Gasteiger partial charge is 0.341 e. The molecule has 1 aromatic carbocycles. The molecular formula is C15H16N2O6S2. The third-order valence-electron chi connectivity index (χ3n) is 3.10. The van der Waals surface area contributed by atoms with E-state index in [2.05, 4.69) is 5.32 Å². The average Bonchev–Trinajstić information content (AvgIpc) is 3.04. The highest BCUT2D eigenvalue weighted by Gasteiger charge is 2.14. The van der Waals surface area contributed by atoms with E-state index in [1.165, 1.54) is 11.4 Å². The van der Waals surface area contributed by atoms with E-state index >= 15 is 0 Å². The maximum absolute atomic E-state index is 12.0. The molecule has 0 fully saturated rings. The van der Waals surface area contributed by atoms with Crippen molar-refractivity contribution in [1.82, 2.24) is 5.32 Å². The van der Waals surface area contributed by atoms with Gasteiger partial charge in [0.05, 0.1) is 5.56 Å². The lowest BCUT2D eigenvalue weighted by molar-refractivity contribution is -0.139. The van der Waals surface area contributed by atoms with Crippen molar-refractivity contribution in [3.05, 3.63) is 46.8 Å². The summed E-state index contributed by atoms with van der Waals surface area (Å²) in [5.41, 5.74) is 1.17. The van der Waals surface area contributed by atoms with Crippen molar-refractivity contribution in [3.8, 4) is 5.75 Å². The monoisotopic (exact) mass is 384 g/mol. The van der Waals surface area contributed by atoms with E-state index in [1.54, 1.807) is 24.3 Å². The molecule has 1 amide bonds. The minimum atomic E-state index is -3.80. The highest BCUT2D eigenvalue weighted by atomic mass is 32.2. The summed E-state index contributed by atoms with van der Waals surface area (Å²) in [5, 5.41) is 17.7. The van der Waals surface area contributed by atoms with Crippen LogP contribution < -0.4 is 15.2 Å². The number of nitrogens with one attached hydrogen (secondary N) is 1. The molecule has 0 aliphatic carbocycles. The second-order valence-corrected chi connectivity index (χ2v) is 7.73. The third-order valence-corrected chi connectivity index (χ3v) is 5.49. The molecule has 1 heterocycles. The van der Waals surface area contributed by atoms with Crippen molar-refractivity contribution in [2.24, 2.45) is 5.14 Å². The summed E-state index contributed by atoms with van der Waals surface area (Å²) in [6.07, 6.45) is 0.553. The lowest BCUT2D eigenvalue weighted by Gasteiger charge is -2.06. The van der Waals surface area contributed by atoms with Gasteiger partial charge < -0.3 is 15.2 Å². The molecule has 134 valence electrons. The van der Waals surface area contributed by atoms with Gasteiger partial charge in [0.25, 0.3) is 5.91 Å². The Bertz CT molecular complexity index is 858. The Morgan fingerprint density at radius 3 is 2.48 bits per heavy atom. The van der Waals surface area contributed by atoms with E-state index < -0.39 is 22.6 Å². The topological polar surface area (TPSA) is 136 Å². The largest absolute Gasteiger partial charge is 0.482 e. The predicted molar refractivity (Wildman–Crippen MR) is 91.3 cm³/mol. The zero-order valence-electron chi connectivity index (χ0n) is 13.0. The Hall–Kier alpha value is -2.43. The molecule has 2 rings (SSSR count). The number of carbonyl (C=O) groups is 2. The fourth-order valence-electron chi connectivity index (χ4n) is 1.90. The number of amides is 1. The molecule has 0 atom stereocenters. The molecule has 0 aliphatic rings. The van der Waals surface area contributed by atoms with Gasteiger partial charge in [-0.15, -0.1) is 11.3 Å². The van der Waals surface area contributed by atoms with E-state index in [4.69, 9.17) is 15.0 Å². The van der Waals surface area contributed by atoms with E-state index in [9.17, 15) is 18.0 Å². The van der Waals surface area contributed by atoms with Gasteiger partial charge in [-0.1, -0.05) is 12.1 Å². The number of thiophene rings is 1. The molecule has 0 saturated heterocycles. The Labute approximate surface area is 148 Å². The SMILES string of the molecule is NS(=O)(=O)c1cc(C(=O)NCCc2ccc(OCC(=O)O)cc2)cs1. The van der Waals surface area contributed by atoms with Gasteiger partial charge in [-0.3, -0.25) is 4.79 Å². The molecule has 0 unspecified atom stereocenters. The lowest BCUT2D eigenvalue weighted by Crippen LogP contribution is -2.25. The molecule has 0 spiro atoms. The number of benzene rings is 1. The standard InChI is InChI=1S/C15H16N2O6S2/c16-25(21,22)14-7-11(9-24-14)15(20)17-6-5-10-1-3-12(4-2-10)23-8-13(18)19/h1-4,7,9H,5-6,8H2,(H,17,20)(H,18,19)(H2,16,21,22). The molecule has 0 radical (unpaired) electrons. The fourth-order valence-corrected chi connectivity index (χ4v) is 3.49. The van der Waals surface area contributed by atoms with Crippen LogP contribution in [0.25, 0.3) is 0 Å². The van der Waals surface area contributed by atoms with Crippen LogP contribution in [-0.2, 0) is 21.2 Å². The first kappa shape index (κ1) is 18.9. The van der Waals surface area contributed by atoms with Crippen LogP contribution >= 0.6 is 11.3 Å². The normalized spacial score (nSPS) is 11.1. The molecule has 0 saturated carbocycles. The van der Waals surface area contributed by atoms with Crippen LogP contribution in [0.15, 0.2) is 39.9 Å². The number of rotatable bonds is 8. The second-order valence-electron chi connectivity index (χ2n) is 5.03. The summed E-state index contributed by atoms with van der Waals surface area (Å²) in [5.74, 6) is -0.984. The van der Waals surface area contributed by atoms with Crippen LogP contribution in [0.4, 0.5) is 0 Å². The first-order valence-electron chi connectivity index (χ1n) is 7.09. The number of sulfonamides is 1. The Kier molecular flexibility index (Phi) is 6.12. The molecule has 4 N–H and O–H groups in total. The van der Waals surface area contributed by atoms with Gasteiger partial charge in [0.15, 0.2) is 6.61 Å². The quantitative estimate of drug-likeness (QED) is 0.617. The second kappa shape index (κ2) is 8.10. The van der Waals surface area contributed by atoms with Gasteiger partial charge in [-0.25, -0.2) is 18.4 Å². The van der Waals surface area contributed by atoms with Crippen LogP contribution in [0.1, 0.15) is 15.9 Å².